The summed E-state index contributed by atoms with van der Waals surface area (Å²) in [6.07, 6.45) is 3.96. The minimum Gasteiger partial charge on any atom is -0.509 e. The number of sulfonamides is 1. The van der Waals surface area contributed by atoms with E-state index in [1.54, 1.807) is 17.9 Å². The average Bonchev–Trinajstić information content (AvgIpc) is 3.40. The van der Waals surface area contributed by atoms with Gasteiger partial charge in [0.1, 0.15) is 11.3 Å². The van der Waals surface area contributed by atoms with Crippen LogP contribution in [0.1, 0.15) is 39.7 Å². The lowest BCUT2D eigenvalue weighted by Gasteiger charge is -2.29. The van der Waals surface area contributed by atoms with Gasteiger partial charge in [0.05, 0.1) is 29.9 Å². The smallest absolute Gasteiger partial charge is 0.348 e. The molecule has 2 unspecified atom stereocenters. The molecule has 0 radical (unpaired) electrons. The topological polar surface area (TPSA) is 153 Å². The maximum atomic E-state index is 14.1. The van der Waals surface area contributed by atoms with E-state index in [-0.39, 0.29) is 40.2 Å². The first kappa shape index (κ1) is 29.9. The summed E-state index contributed by atoms with van der Waals surface area (Å²) in [5.74, 6) is -0.630. The van der Waals surface area contributed by atoms with Crippen LogP contribution in [0.3, 0.4) is 0 Å². The number of aliphatic hydroxyl groups excluding tert-OH is 1. The number of carbonyl (C=O) groups excluding carboxylic acids is 1. The highest BCUT2D eigenvalue weighted by Gasteiger charge is 2.45. The van der Waals surface area contributed by atoms with Crippen LogP contribution in [0.4, 0.5) is 11.4 Å². The lowest BCUT2D eigenvalue weighted by molar-refractivity contribution is -0.127. The fourth-order valence-corrected chi connectivity index (χ4v) is 7.59. The molecule has 0 saturated carbocycles. The number of anilines is 2. The largest absolute Gasteiger partial charge is 0.509 e. The van der Waals surface area contributed by atoms with Crippen LogP contribution >= 0.6 is 7.52 Å². The van der Waals surface area contributed by atoms with E-state index < -0.39 is 29.5 Å². The van der Waals surface area contributed by atoms with Crippen molar-refractivity contribution in [3.8, 4) is 0 Å². The first-order chi connectivity index (χ1) is 19.7. The van der Waals surface area contributed by atoms with E-state index in [9.17, 15) is 22.9 Å². The van der Waals surface area contributed by atoms with Gasteiger partial charge in [0.2, 0.25) is 10.0 Å². The van der Waals surface area contributed by atoms with Crippen LogP contribution in [0.15, 0.2) is 64.8 Å². The van der Waals surface area contributed by atoms with Crippen LogP contribution < -0.4 is 15.3 Å². The molecule has 1 aromatic heterocycles. The summed E-state index contributed by atoms with van der Waals surface area (Å²) in [7, 11) is -7.54. The molecule has 2 aliphatic rings. The summed E-state index contributed by atoms with van der Waals surface area (Å²) >= 11 is 0. The van der Waals surface area contributed by atoms with Crippen molar-refractivity contribution in [1.29, 1.82) is 0 Å². The van der Waals surface area contributed by atoms with Crippen molar-refractivity contribution < 1.29 is 27.4 Å². The Bertz CT molecular complexity index is 1770. The zero-order valence-corrected chi connectivity index (χ0v) is 26.0. The molecule has 13 heteroatoms. The Balaban J connectivity index is 1.57. The van der Waals surface area contributed by atoms with Crippen molar-refractivity contribution in [1.82, 2.24) is 9.88 Å². The van der Waals surface area contributed by atoms with Gasteiger partial charge < -0.3 is 24.8 Å². The van der Waals surface area contributed by atoms with Gasteiger partial charge in [-0.3, -0.25) is 14.1 Å². The lowest BCUT2D eigenvalue weighted by atomic mass is 9.92. The van der Waals surface area contributed by atoms with Crippen molar-refractivity contribution in [2.24, 2.45) is 10.2 Å². The molecule has 2 atom stereocenters. The van der Waals surface area contributed by atoms with Gasteiger partial charge in [0.15, 0.2) is 5.84 Å². The second-order valence-electron chi connectivity index (χ2n) is 11.8. The first-order valence-corrected chi connectivity index (χ1v) is 17.2. The molecule has 0 bridgehead atoms. The van der Waals surface area contributed by atoms with Crippen molar-refractivity contribution in [2.45, 2.75) is 46.6 Å². The van der Waals surface area contributed by atoms with Crippen LogP contribution in [-0.2, 0) is 30.3 Å². The van der Waals surface area contributed by atoms with Gasteiger partial charge in [-0.15, -0.1) is 0 Å². The Morgan fingerprint density at radius 3 is 2.62 bits per heavy atom. The molecule has 0 fully saturated rings. The molecule has 3 heterocycles. The highest BCUT2D eigenvalue weighted by Crippen LogP contribution is 2.53. The van der Waals surface area contributed by atoms with Gasteiger partial charge >= 0.3 is 7.52 Å². The third-order valence-corrected chi connectivity index (χ3v) is 9.90. The average molecular weight is 614 g/mol. The summed E-state index contributed by atoms with van der Waals surface area (Å²) in [5.41, 5.74) is 2.32. The van der Waals surface area contributed by atoms with Gasteiger partial charge in [-0.2, -0.15) is 4.76 Å². The van der Waals surface area contributed by atoms with Crippen molar-refractivity contribution in [3.05, 3.63) is 65.6 Å². The molecule has 11 nitrogen and oxygen atoms in total. The van der Waals surface area contributed by atoms with Crippen LogP contribution in [-0.4, -0.2) is 60.6 Å². The second kappa shape index (κ2) is 10.9. The Kier molecular flexibility index (Phi) is 7.76. The number of H-pyrrole nitrogens is 1. The summed E-state index contributed by atoms with van der Waals surface area (Å²) in [6.45, 7) is 8.38. The normalized spacial score (nSPS) is 21.0. The SMILES string of the molecule is CCOP1(=O)N=C(C2=C(O)C(Cc3c[nH]c4ccccc34)N(CCC(C)(C)C)C2=O)Nc2ccc(NS(C)(=O)=O)cc21. The number of aliphatic hydroxyl groups is 1. The second-order valence-corrected chi connectivity index (χ2v) is 15.5. The number of fused-ring (bicyclic) bond motifs is 2. The van der Waals surface area contributed by atoms with Crippen LogP contribution in [0.5, 0.6) is 0 Å². The lowest BCUT2D eigenvalue weighted by Crippen LogP contribution is -2.40. The molecule has 4 N–H and O–H groups in total. The fraction of sp³-hybridized carbons (Fsp3) is 0.379. The summed E-state index contributed by atoms with van der Waals surface area (Å²) in [6, 6.07) is 11.6. The quantitative estimate of drug-likeness (QED) is 0.250. The highest BCUT2D eigenvalue weighted by molar-refractivity contribution is 7.92. The number of benzene rings is 2. The van der Waals surface area contributed by atoms with Gasteiger partial charge in [-0.25, -0.2) is 8.42 Å². The maximum absolute atomic E-state index is 14.1. The Morgan fingerprint density at radius 1 is 1.19 bits per heavy atom. The summed E-state index contributed by atoms with van der Waals surface area (Å²) in [5, 5.41) is 15.9. The molecule has 0 aliphatic carbocycles. The predicted octanol–water partition coefficient (Wildman–Crippen LogP) is 4.92. The van der Waals surface area contributed by atoms with Crippen LogP contribution in [0.2, 0.25) is 0 Å². The number of hydrogen-bond acceptors (Lipinski definition) is 7. The summed E-state index contributed by atoms with van der Waals surface area (Å²) in [4.78, 5) is 18.9. The number of nitrogens with one attached hydrogen (secondary N) is 3. The molecule has 0 spiro atoms. The number of aromatic amines is 1. The highest BCUT2D eigenvalue weighted by atomic mass is 32.2. The minimum atomic E-state index is -3.96. The Labute approximate surface area is 245 Å². The van der Waals surface area contributed by atoms with Gasteiger partial charge in [-0.1, -0.05) is 39.0 Å². The molecule has 2 aromatic carbocycles. The molecule has 42 heavy (non-hydrogen) atoms. The summed E-state index contributed by atoms with van der Waals surface area (Å²) < 4.78 is 50.1. The number of aromatic nitrogens is 1. The molecule has 224 valence electrons. The predicted molar refractivity (Wildman–Crippen MR) is 166 cm³/mol. The zero-order chi connectivity index (χ0) is 30.4. The third kappa shape index (κ3) is 5.97. The number of nitrogens with zero attached hydrogens (tertiary/aromatic N) is 2. The zero-order valence-electron chi connectivity index (χ0n) is 24.3. The Morgan fingerprint density at radius 2 is 1.93 bits per heavy atom. The van der Waals surface area contributed by atoms with E-state index >= 15 is 0 Å². The maximum Gasteiger partial charge on any atom is 0.348 e. The van der Waals surface area contributed by atoms with Gasteiger partial charge in [0.25, 0.3) is 5.91 Å². The van der Waals surface area contributed by atoms with E-state index in [1.165, 1.54) is 12.1 Å². The first-order valence-electron chi connectivity index (χ1n) is 13.7. The molecular weight excluding hydrogens is 577 g/mol. The molecule has 1 amide bonds. The van der Waals surface area contributed by atoms with Crippen LogP contribution in [0, 0.1) is 5.41 Å². The molecule has 2 aliphatic heterocycles. The minimum absolute atomic E-state index is 0.0483. The van der Waals surface area contributed by atoms with E-state index in [1.807, 2.05) is 30.5 Å². The van der Waals surface area contributed by atoms with Gasteiger partial charge in [-0.05, 0) is 48.6 Å². The Hall–Kier alpha value is -3.60. The van der Waals surface area contributed by atoms with Crippen LogP contribution in [0.25, 0.3) is 10.9 Å². The van der Waals surface area contributed by atoms with Crippen molar-refractivity contribution >= 4 is 56.9 Å². The van der Waals surface area contributed by atoms with E-state index in [0.29, 0.717) is 25.1 Å². The molecule has 3 aromatic rings. The van der Waals surface area contributed by atoms with E-state index in [0.717, 1.165) is 22.7 Å². The number of amidine groups is 1. The van der Waals surface area contributed by atoms with Crippen molar-refractivity contribution in [2.75, 3.05) is 29.4 Å². The third-order valence-electron chi connectivity index (χ3n) is 7.24. The van der Waals surface area contributed by atoms with E-state index in [4.69, 9.17) is 4.52 Å². The molecule has 5 rings (SSSR count). The number of amides is 1. The fourth-order valence-electron chi connectivity index (χ4n) is 5.23. The molecular formula is C29H36N5O6PS. The number of carbonyl (C=O) groups is 1. The number of para-hydroxylation sites is 1. The molecule has 0 saturated heterocycles. The van der Waals surface area contributed by atoms with E-state index in [2.05, 4.69) is 40.6 Å². The van der Waals surface area contributed by atoms with Gasteiger partial charge in [0, 0.05) is 35.8 Å². The number of hydrogen-bond donors (Lipinski definition) is 4. The van der Waals surface area contributed by atoms with Crippen molar-refractivity contribution in [3.63, 3.8) is 0 Å². The standard InChI is InChI=1S/C29H36N5O6PS/c1-6-40-41(37)24-16-19(33-42(5,38)39)11-12-22(24)31-27(32-41)25-26(35)23(34(28(25)36)14-13-29(2,3)4)15-18-17-30-21-10-8-7-9-20(18)21/h7-12,16-17,23,30,33,35H,6,13-15H2,1-5H3,(H,31,32,37). The number of rotatable bonds is 9. The monoisotopic (exact) mass is 613 g/mol.